The zero-order chi connectivity index (χ0) is 25.9. The van der Waals surface area contributed by atoms with Gasteiger partial charge >= 0.3 is 5.97 Å². The molecule has 2 atom stereocenters. The SMILES string of the molecule is C/C(P)=C(\C=C(/C)c1ccccc1)C(Nc1ccc(C(=O)NCCC(=O)OF)cc1)C1CCCCC1. The van der Waals surface area contributed by atoms with Gasteiger partial charge < -0.3 is 10.6 Å². The fraction of sp³-hybridized carbons (Fsp3) is 0.379. The first kappa shape index (κ1) is 27.6. The van der Waals surface area contributed by atoms with Gasteiger partial charge in [0.25, 0.3) is 5.91 Å². The van der Waals surface area contributed by atoms with Crippen LogP contribution in [0.3, 0.4) is 0 Å². The van der Waals surface area contributed by atoms with E-state index in [1.165, 1.54) is 54.1 Å². The summed E-state index contributed by atoms with van der Waals surface area (Å²) >= 11 is 0. The second kappa shape index (κ2) is 13.9. The summed E-state index contributed by atoms with van der Waals surface area (Å²) in [6.45, 7) is 4.31. The molecule has 7 heteroatoms. The van der Waals surface area contributed by atoms with Crippen molar-refractivity contribution in [1.82, 2.24) is 5.32 Å². The van der Waals surface area contributed by atoms with Crippen LogP contribution in [0, 0.1) is 5.92 Å². The fourth-order valence-electron chi connectivity index (χ4n) is 4.70. The lowest BCUT2D eigenvalue weighted by Gasteiger charge is -2.34. The van der Waals surface area contributed by atoms with Gasteiger partial charge in [-0.25, -0.2) is 4.79 Å². The number of halogens is 1. The van der Waals surface area contributed by atoms with Gasteiger partial charge in [0.1, 0.15) is 0 Å². The molecular weight excluding hydrogens is 474 g/mol. The van der Waals surface area contributed by atoms with E-state index >= 15 is 0 Å². The maximum Gasteiger partial charge on any atom is 0.350 e. The van der Waals surface area contributed by atoms with Crippen molar-refractivity contribution in [2.24, 2.45) is 5.92 Å². The van der Waals surface area contributed by atoms with E-state index in [9.17, 15) is 14.1 Å². The second-order valence-electron chi connectivity index (χ2n) is 9.38. The van der Waals surface area contributed by atoms with E-state index in [4.69, 9.17) is 0 Å². The highest BCUT2D eigenvalue weighted by Crippen LogP contribution is 2.35. The van der Waals surface area contributed by atoms with E-state index in [-0.39, 0.29) is 24.9 Å². The molecule has 2 N–H and O–H groups in total. The molecule has 0 aliphatic heterocycles. The lowest BCUT2D eigenvalue weighted by Crippen LogP contribution is -2.32. The van der Waals surface area contributed by atoms with Crippen LogP contribution in [0.15, 0.2) is 71.6 Å². The lowest BCUT2D eigenvalue weighted by atomic mass is 9.80. The Hall–Kier alpha value is -2.98. The van der Waals surface area contributed by atoms with Gasteiger partial charge in [-0.1, -0.05) is 61.0 Å². The van der Waals surface area contributed by atoms with E-state index in [2.05, 4.69) is 69.0 Å². The molecule has 1 amide bonds. The molecular formula is C29H36FN2O3P. The van der Waals surface area contributed by atoms with Gasteiger partial charge in [0.2, 0.25) is 0 Å². The Balaban J connectivity index is 1.79. The van der Waals surface area contributed by atoms with Crippen molar-refractivity contribution >= 4 is 32.4 Å². The number of amides is 1. The third-order valence-corrected chi connectivity index (χ3v) is 7.02. The summed E-state index contributed by atoms with van der Waals surface area (Å²) in [5.41, 5.74) is 5.12. The Morgan fingerprint density at radius 2 is 1.69 bits per heavy atom. The maximum atomic E-state index is 12.4. The molecule has 2 aromatic rings. The Labute approximate surface area is 215 Å². The molecule has 0 saturated heterocycles. The molecule has 192 valence electrons. The van der Waals surface area contributed by atoms with Crippen LogP contribution in [0.25, 0.3) is 5.57 Å². The highest BCUT2D eigenvalue weighted by molar-refractivity contribution is 7.22. The standard InChI is InChI=1S/C29H36FN2O3P/c1-20(22-9-5-3-6-10-22)19-26(21(2)36)28(23-11-7-4-8-12-23)32-25-15-13-24(14-16-25)29(34)31-18-17-27(33)35-30/h3,5-6,9-10,13-16,19,23,28,32H,4,7-8,11-12,17-18,36H2,1-2H3,(H,31,34)/b20-19+,26-21-. The number of hydrogen-bond acceptors (Lipinski definition) is 4. The summed E-state index contributed by atoms with van der Waals surface area (Å²) in [4.78, 5) is 26.4. The highest BCUT2D eigenvalue weighted by atomic mass is 31.0. The van der Waals surface area contributed by atoms with Crippen LogP contribution in [-0.4, -0.2) is 24.5 Å². The molecule has 1 saturated carbocycles. The number of hydrogen-bond donors (Lipinski definition) is 2. The van der Waals surface area contributed by atoms with Crippen LogP contribution in [0.4, 0.5) is 10.2 Å². The summed E-state index contributed by atoms with van der Waals surface area (Å²) < 4.78 is 11.8. The summed E-state index contributed by atoms with van der Waals surface area (Å²) in [6.07, 6.45) is 8.20. The van der Waals surface area contributed by atoms with Crippen molar-refractivity contribution in [2.45, 2.75) is 58.4 Å². The van der Waals surface area contributed by atoms with Crippen molar-refractivity contribution in [1.29, 1.82) is 0 Å². The number of carbonyl (C=O) groups is 2. The molecule has 0 heterocycles. The Bertz CT molecular complexity index is 1070. The number of anilines is 1. The third-order valence-electron chi connectivity index (χ3n) is 6.68. The van der Waals surface area contributed by atoms with Crippen molar-refractivity contribution in [3.05, 3.63) is 82.7 Å². The smallest absolute Gasteiger partial charge is 0.350 e. The van der Waals surface area contributed by atoms with Crippen molar-refractivity contribution in [3.63, 3.8) is 0 Å². The third kappa shape index (κ3) is 8.03. The Morgan fingerprint density at radius 1 is 1.03 bits per heavy atom. The summed E-state index contributed by atoms with van der Waals surface area (Å²) in [5.74, 6) is -0.810. The molecule has 1 aliphatic rings. The van der Waals surface area contributed by atoms with E-state index < -0.39 is 5.97 Å². The topological polar surface area (TPSA) is 67.4 Å². The number of benzene rings is 2. The summed E-state index contributed by atoms with van der Waals surface area (Å²) in [7, 11) is 2.89. The first-order chi connectivity index (χ1) is 17.4. The average molecular weight is 511 g/mol. The van der Waals surface area contributed by atoms with Gasteiger partial charge in [0.15, 0.2) is 0 Å². The van der Waals surface area contributed by atoms with Crippen LogP contribution in [0.5, 0.6) is 0 Å². The minimum atomic E-state index is -1.01. The van der Waals surface area contributed by atoms with E-state index in [1.807, 2.05) is 18.2 Å². The molecule has 0 spiro atoms. The monoisotopic (exact) mass is 510 g/mol. The molecule has 36 heavy (non-hydrogen) atoms. The molecule has 2 unspecified atom stereocenters. The first-order valence-electron chi connectivity index (χ1n) is 12.5. The van der Waals surface area contributed by atoms with Crippen LogP contribution < -0.4 is 10.6 Å². The largest absolute Gasteiger partial charge is 0.378 e. The van der Waals surface area contributed by atoms with Crippen LogP contribution >= 0.6 is 9.24 Å². The first-order valence-corrected chi connectivity index (χ1v) is 13.1. The van der Waals surface area contributed by atoms with E-state index in [0.29, 0.717) is 11.5 Å². The van der Waals surface area contributed by atoms with E-state index in [1.54, 1.807) is 12.1 Å². The molecule has 1 aliphatic carbocycles. The normalized spacial score (nSPS) is 16.1. The molecule has 0 aromatic heterocycles. The molecule has 2 aromatic carbocycles. The van der Waals surface area contributed by atoms with Gasteiger partial charge in [-0.15, -0.1) is 9.24 Å². The van der Waals surface area contributed by atoms with Gasteiger partial charge in [0.05, 0.1) is 12.5 Å². The zero-order valence-corrected chi connectivity index (χ0v) is 22.2. The van der Waals surface area contributed by atoms with Crippen LogP contribution in [0.1, 0.15) is 68.3 Å². The van der Waals surface area contributed by atoms with Gasteiger partial charge in [-0.2, -0.15) is 0 Å². The van der Waals surface area contributed by atoms with Gasteiger partial charge in [-0.3, -0.25) is 9.74 Å². The van der Waals surface area contributed by atoms with Gasteiger partial charge in [0, 0.05) is 22.3 Å². The van der Waals surface area contributed by atoms with Crippen molar-refractivity contribution in [3.8, 4) is 0 Å². The fourth-order valence-corrected chi connectivity index (χ4v) is 4.96. The Kier molecular flexibility index (Phi) is 10.7. The van der Waals surface area contributed by atoms with Crippen molar-refractivity contribution in [2.75, 3.05) is 11.9 Å². The lowest BCUT2D eigenvalue weighted by molar-refractivity contribution is -0.183. The summed E-state index contributed by atoms with van der Waals surface area (Å²) in [5, 5.41) is 7.57. The number of carbonyl (C=O) groups excluding carboxylic acids is 2. The molecule has 5 nitrogen and oxygen atoms in total. The van der Waals surface area contributed by atoms with E-state index in [0.717, 1.165) is 5.69 Å². The van der Waals surface area contributed by atoms with Crippen molar-refractivity contribution < 1.29 is 19.1 Å². The second-order valence-corrected chi connectivity index (χ2v) is 10.3. The Morgan fingerprint density at radius 3 is 2.31 bits per heavy atom. The summed E-state index contributed by atoms with van der Waals surface area (Å²) in [6, 6.07) is 17.9. The highest BCUT2D eigenvalue weighted by Gasteiger charge is 2.27. The predicted octanol–water partition coefficient (Wildman–Crippen LogP) is 6.85. The van der Waals surface area contributed by atoms with Crippen LogP contribution in [-0.2, 0) is 9.74 Å². The molecule has 1 fully saturated rings. The molecule has 0 bridgehead atoms. The minimum Gasteiger partial charge on any atom is -0.378 e. The number of nitrogens with one attached hydrogen (secondary N) is 2. The number of allylic oxidation sites excluding steroid dienone is 2. The molecule has 0 radical (unpaired) electrons. The van der Waals surface area contributed by atoms with Gasteiger partial charge in [-0.05, 0) is 73.6 Å². The molecule has 3 rings (SSSR count). The average Bonchev–Trinajstić information content (AvgIpc) is 2.91. The van der Waals surface area contributed by atoms with Crippen LogP contribution in [0.2, 0.25) is 0 Å². The predicted molar refractivity (Wildman–Crippen MR) is 147 cm³/mol. The quantitative estimate of drug-likeness (QED) is 0.271. The zero-order valence-electron chi connectivity index (χ0n) is 21.1. The minimum absolute atomic E-state index is 0.0139. The maximum absolute atomic E-state index is 12.4. The number of rotatable bonds is 10.